The van der Waals surface area contributed by atoms with Crippen LogP contribution in [0.3, 0.4) is 0 Å². The lowest BCUT2D eigenvalue weighted by Crippen LogP contribution is -2.19. The third kappa shape index (κ3) is 19.7. The smallest absolute Gasteiger partial charge is 0.274 e. The summed E-state index contributed by atoms with van der Waals surface area (Å²) in [4.78, 5) is 130. The zero-order chi connectivity index (χ0) is 71.7. The lowest BCUT2D eigenvalue weighted by atomic mass is 10.1. The topological polar surface area (TPSA) is 367 Å². The van der Waals surface area contributed by atoms with Gasteiger partial charge in [-0.3, -0.25) is 57.5 Å². The standard InChI is InChI=1S/C8H4BrNO2.C8H4ClNO2.C7H4BrNO3S.C7H4ClNO3S.C6H4BrNO4S2.C4H4BrNO2.C4H4ClNO2.C4H4INO2.Br2.Cl2.I2/c2*9-10-7(11)5-3-1-2-4-6(5)8(10)12;2*8-9-7(10)5-3-1-2-4-6(5)13(9,11)12;7-8-13(9,10)5-3-1-2-4-6(5)14(8,11)12;3*5-6-3(7)1-2-4(6)8;3*1-2/h2*1-4H;2*1-4H;1-4H;3*1-2H2;;;. The highest BCUT2D eigenvalue weighted by Crippen LogP contribution is 2.39. The number of amides is 12. The summed E-state index contributed by atoms with van der Waals surface area (Å²) in [5, 5.41) is 0. The summed E-state index contributed by atoms with van der Waals surface area (Å²) in [6.07, 6.45) is 2.02. The zero-order valence-corrected chi connectivity index (χ0v) is 68.5. The summed E-state index contributed by atoms with van der Waals surface area (Å²) in [5.74, 6) is -3.75. The molecule has 8 aliphatic rings. The molecule has 13 rings (SSSR count). The van der Waals surface area contributed by atoms with Crippen molar-refractivity contribution in [1.82, 2.24) is 29.7 Å². The molecule has 0 aromatic heterocycles. The molecular weight excluding hydrogens is 2170 g/mol. The van der Waals surface area contributed by atoms with E-state index in [2.05, 4.69) is 152 Å². The minimum atomic E-state index is -3.93. The summed E-state index contributed by atoms with van der Waals surface area (Å²) in [6.45, 7) is 0. The molecule has 12 amide bonds. The molecule has 0 unspecified atom stereocenters. The number of fused-ring (bicyclic) bond motifs is 5. The number of imide groups is 5. The van der Waals surface area contributed by atoms with Gasteiger partial charge in [0.15, 0.2) is 0 Å². The Labute approximate surface area is 646 Å². The van der Waals surface area contributed by atoms with E-state index in [0.717, 1.165) is 11.0 Å². The second kappa shape index (κ2) is 38.0. The molecule has 0 bridgehead atoms. The monoisotopic (exact) mass is 2200 g/mol. The maximum absolute atomic E-state index is 11.5. The average molecular weight is 2210 g/mol. The number of halogens is 14. The fourth-order valence-corrected chi connectivity index (χ4v) is 16.9. The number of hydrogen-bond acceptors (Lipinski definition) is 20. The van der Waals surface area contributed by atoms with Gasteiger partial charge in [0.1, 0.15) is 19.6 Å². The van der Waals surface area contributed by atoms with Crippen LogP contribution in [0, 0.1) is 0 Å². The van der Waals surface area contributed by atoms with Gasteiger partial charge in [0.2, 0.25) is 35.4 Å². The minimum absolute atomic E-state index is 0.0324. The number of carbonyl (C=O) groups excluding carboxylic acids is 12. The fourth-order valence-electron chi connectivity index (χ4n) is 7.44. The Morgan fingerprint density at radius 3 is 0.883 bits per heavy atom. The Kier molecular flexibility index (Phi) is 34.5. The summed E-state index contributed by atoms with van der Waals surface area (Å²) in [5.41, 5.74) is 1.99. The van der Waals surface area contributed by atoms with Crippen LogP contribution in [0.5, 0.6) is 0 Å². The van der Waals surface area contributed by atoms with Gasteiger partial charge in [-0.05, 0) is 63.4 Å². The van der Waals surface area contributed by atoms with Crippen molar-refractivity contribution < 1.29 is 91.2 Å². The highest BCUT2D eigenvalue weighted by Gasteiger charge is 2.46. The molecule has 0 N–H and O–H groups in total. The van der Waals surface area contributed by atoms with Crippen LogP contribution in [0.4, 0.5) is 0 Å². The van der Waals surface area contributed by atoms with Gasteiger partial charge in [0, 0.05) is 177 Å². The molecule has 8 heterocycles. The Hall–Kier alpha value is -2.98. The van der Waals surface area contributed by atoms with E-state index in [4.69, 9.17) is 35.3 Å². The van der Waals surface area contributed by atoms with E-state index < -0.39 is 63.7 Å². The van der Waals surface area contributed by atoms with E-state index in [-0.39, 0.29) is 97.4 Å². The molecule has 5 aromatic carbocycles. The molecule has 506 valence electrons. The van der Waals surface area contributed by atoms with Crippen LogP contribution in [-0.2, 0) is 68.9 Å². The van der Waals surface area contributed by atoms with Crippen molar-refractivity contribution in [2.45, 2.75) is 58.1 Å². The van der Waals surface area contributed by atoms with Crippen molar-refractivity contribution >= 4 is 321 Å². The number of hydrogen-bond donors (Lipinski definition) is 0. The first kappa shape index (κ1) is 85.2. The van der Waals surface area contributed by atoms with Crippen molar-refractivity contribution in [2.75, 3.05) is 0 Å². The van der Waals surface area contributed by atoms with Crippen LogP contribution in [0.2, 0.25) is 0 Å². The largest absolute Gasteiger partial charge is 0.284 e. The van der Waals surface area contributed by atoms with E-state index in [9.17, 15) is 91.2 Å². The summed E-state index contributed by atoms with van der Waals surface area (Å²) < 4.78 is 97.0. The molecule has 0 spiro atoms. The van der Waals surface area contributed by atoms with Gasteiger partial charge in [-0.15, -0.1) is 3.82 Å². The van der Waals surface area contributed by atoms with E-state index >= 15 is 0 Å². The lowest BCUT2D eigenvalue weighted by molar-refractivity contribution is -0.133. The van der Waals surface area contributed by atoms with Crippen LogP contribution >= 0.6 is 210 Å². The van der Waals surface area contributed by atoms with Gasteiger partial charge in [-0.25, -0.2) is 36.2 Å². The van der Waals surface area contributed by atoms with Crippen molar-refractivity contribution in [3.63, 3.8) is 0 Å². The third-order valence-corrected chi connectivity index (χ3v) is 26.3. The number of nitrogens with zero attached hydrogens (tertiary/aromatic N) is 8. The van der Waals surface area contributed by atoms with E-state index in [1.807, 2.05) is 0 Å². The Morgan fingerprint density at radius 2 is 0.606 bits per heavy atom. The third-order valence-electron chi connectivity index (χ3n) is 11.8. The number of sulfonamides is 4. The van der Waals surface area contributed by atoms with Crippen LogP contribution < -0.4 is 0 Å². The predicted octanol–water partition coefficient (Wildman–Crippen LogP) is 11.9. The molecule has 0 atom stereocenters. The molecule has 8 aliphatic heterocycles. The van der Waals surface area contributed by atoms with Crippen molar-refractivity contribution in [1.29, 1.82) is 0 Å². The summed E-state index contributed by atoms with van der Waals surface area (Å²) >= 11 is 38.2. The van der Waals surface area contributed by atoms with Crippen LogP contribution in [0.15, 0.2) is 141 Å². The maximum Gasteiger partial charge on any atom is 0.284 e. The summed E-state index contributed by atoms with van der Waals surface area (Å²) in [6, 6.07) is 30.7. The molecule has 5 aromatic rings. The van der Waals surface area contributed by atoms with Crippen molar-refractivity contribution in [3.8, 4) is 0 Å². The van der Waals surface area contributed by atoms with E-state index in [0.29, 0.717) is 60.1 Å². The first-order valence-corrected chi connectivity index (χ1v) is 45.8. The van der Waals surface area contributed by atoms with Crippen LogP contribution in [-0.4, -0.2) is 134 Å². The van der Waals surface area contributed by atoms with Gasteiger partial charge >= 0.3 is 0 Å². The molecule has 0 radical (unpaired) electrons. The first-order valence-electron chi connectivity index (χ1n) is 24.1. The Morgan fingerprint density at radius 1 is 0.330 bits per heavy atom. The number of carbonyl (C=O) groups is 12. The van der Waals surface area contributed by atoms with E-state index in [1.54, 1.807) is 95.7 Å². The molecule has 0 saturated carbocycles. The molecule has 94 heavy (non-hydrogen) atoms. The number of benzene rings is 5. The fraction of sp³-hybridized carbons (Fsp3) is 0.125. The van der Waals surface area contributed by atoms with Gasteiger partial charge in [-0.1, -0.05) is 60.7 Å². The summed E-state index contributed by atoms with van der Waals surface area (Å²) in [7, 11) is -7.05. The normalized spacial score (nSPS) is 18.0. The van der Waals surface area contributed by atoms with Crippen LogP contribution in [0.1, 0.15) is 101 Å². The predicted molar refractivity (Wildman–Crippen MR) is 384 cm³/mol. The second-order valence-corrected chi connectivity index (χ2v) is 30.9. The molecular formula is C48H32Br6Cl5I3N8O20S4. The molecule has 3 fully saturated rings. The molecule has 46 heteroatoms. The van der Waals surface area contributed by atoms with Gasteiger partial charge in [0.25, 0.3) is 75.5 Å². The van der Waals surface area contributed by atoms with Crippen molar-refractivity contribution in [3.05, 3.63) is 155 Å². The molecule has 3 saturated heterocycles. The van der Waals surface area contributed by atoms with Gasteiger partial charge in [0.05, 0.1) is 105 Å². The SMILES string of the molecule is BrBr.ClCl.II.O=C1CCC(=O)N1Br.O=C1CCC(=O)N1Cl.O=C1CCC(=O)N1I.O=C1c2ccccc2C(=O)N1Br.O=C1c2ccccc2C(=O)N1Cl.O=C1c2ccccc2S(=O)(=O)N1Br.O=C1c2ccccc2S(=O)(=O)N1Cl.O=S1(=O)c2ccccc2S(=O)(=O)N1Br. The second-order valence-electron chi connectivity index (χ2n) is 17.2. The molecule has 0 aliphatic carbocycles. The molecule has 28 nitrogen and oxygen atoms in total. The number of rotatable bonds is 0. The maximum atomic E-state index is 11.5. The first-order chi connectivity index (χ1) is 44.1. The minimum Gasteiger partial charge on any atom is -0.274 e. The average Bonchev–Trinajstić information content (AvgIpc) is 1.59. The highest BCUT2D eigenvalue weighted by molar-refractivity contribution is 15.0. The van der Waals surface area contributed by atoms with Crippen LogP contribution in [0.25, 0.3) is 0 Å². The van der Waals surface area contributed by atoms with Gasteiger partial charge in [-0.2, -0.15) is 20.6 Å². The lowest BCUT2D eigenvalue weighted by Gasteiger charge is -2.01. The zero-order valence-electron chi connectivity index (χ0n) is 45.5. The Balaban J connectivity index is 0.000000279. The van der Waals surface area contributed by atoms with Gasteiger partial charge < -0.3 is 0 Å². The Bertz CT molecular complexity index is 3920. The quantitative estimate of drug-likeness (QED) is 0.0789. The highest BCUT2D eigenvalue weighted by atomic mass is 128. The van der Waals surface area contributed by atoms with Crippen molar-refractivity contribution in [2.24, 2.45) is 0 Å². The van der Waals surface area contributed by atoms with E-state index in [1.165, 1.54) is 48.5 Å².